The van der Waals surface area contributed by atoms with Crippen LogP contribution >= 0.6 is 0 Å². The standard InChI is InChI=1S/C13H15F4NO2/c14-11-3-1-2-10(8-11)12(20)4-5-18(6-7-19)9-13(15,16)17/h1-3,8,19H,4-7,9H2. The number of aliphatic hydroxyl groups excluding tert-OH is 1. The average Bonchev–Trinajstić information content (AvgIpc) is 2.34. The third kappa shape index (κ3) is 6.12. The molecule has 0 atom stereocenters. The fraction of sp³-hybridized carbons (Fsp3) is 0.462. The highest BCUT2D eigenvalue weighted by atomic mass is 19.4. The zero-order chi connectivity index (χ0) is 15.2. The molecular weight excluding hydrogens is 278 g/mol. The van der Waals surface area contributed by atoms with E-state index in [1.54, 1.807) is 0 Å². The number of ketones is 1. The molecule has 0 aliphatic carbocycles. The lowest BCUT2D eigenvalue weighted by Gasteiger charge is -2.22. The minimum absolute atomic E-state index is 0.126. The first-order chi connectivity index (χ1) is 9.31. The molecule has 3 nitrogen and oxygen atoms in total. The monoisotopic (exact) mass is 293 g/mol. The summed E-state index contributed by atoms with van der Waals surface area (Å²) in [6.07, 6.45) is -4.56. The van der Waals surface area contributed by atoms with Gasteiger partial charge in [0.15, 0.2) is 5.78 Å². The summed E-state index contributed by atoms with van der Waals surface area (Å²) in [7, 11) is 0. The van der Waals surface area contributed by atoms with Crippen LogP contribution in [-0.4, -0.2) is 48.2 Å². The van der Waals surface area contributed by atoms with E-state index in [1.807, 2.05) is 0 Å². The summed E-state index contributed by atoms with van der Waals surface area (Å²) in [6, 6.07) is 5.00. The molecule has 0 amide bonds. The fourth-order valence-corrected chi connectivity index (χ4v) is 1.73. The summed E-state index contributed by atoms with van der Waals surface area (Å²) < 4.78 is 49.7. The molecule has 1 aromatic rings. The first kappa shape index (κ1) is 16.6. The predicted octanol–water partition coefficient (Wildman–Crippen LogP) is 2.26. The van der Waals surface area contributed by atoms with Crippen LogP contribution in [0.4, 0.5) is 17.6 Å². The molecule has 0 saturated heterocycles. The van der Waals surface area contributed by atoms with Crippen LogP contribution in [-0.2, 0) is 0 Å². The second-order valence-electron chi connectivity index (χ2n) is 4.30. The maximum absolute atomic E-state index is 12.9. The zero-order valence-electron chi connectivity index (χ0n) is 10.7. The lowest BCUT2D eigenvalue weighted by molar-refractivity contribution is -0.146. The molecule has 0 bridgehead atoms. The normalized spacial score (nSPS) is 11.9. The van der Waals surface area contributed by atoms with Gasteiger partial charge in [-0.1, -0.05) is 12.1 Å². The van der Waals surface area contributed by atoms with Gasteiger partial charge in [0.25, 0.3) is 0 Å². The lowest BCUT2D eigenvalue weighted by atomic mass is 10.1. The van der Waals surface area contributed by atoms with Crippen LogP contribution in [0.5, 0.6) is 0 Å². The van der Waals surface area contributed by atoms with Crippen LogP contribution in [0.15, 0.2) is 24.3 Å². The summed E-state index contributed by atoms with van der Waals surface area (Å²) in [6.45, 7) is -1.93. The third-order valence-corrected chi connectivity index (χ3v) is 2.62. The van der Waals surface area contributed by atoms with E-state index >= 15 is 0 Å². The Labute approximate surface area is 113 Å². The quantitative estimate of drug-likeness (QED) is 0.619. The molecule has 0 fully saturated rings. The first-order valence-electron chi connectivity index (χ1n) is 6.00. The van der Waals surface area contributed by atoms with E-state index in [1.165, 1.54) is 18.2 Å². The highest BCUT2D eigenvalue weighted by Gasteiger charge is 2.30. The zero-order valence-corrected chi connectivity index (χ0v) is 10.7. The maximum Gasteiger partial charge on any atom is 0.401 e. The van der Waals surface area contributed by atoms with Gasteiger partial charge in [0.2, 0.25) is 0 Å². The molecule has 0 unspecified atom stereocenters. The summed E-state index contributed by atoms with van der Waals surface area (Å²) in [4.78, 5) is 12.7. The minimum atomic E-state index is -4.39. The average molecular weight is 293 g/mol. The maximum atomic E-state index is 12.9. The fourth-order valence-electron chi connectivity index (χ4n) is 1.73. The van der Waals surface area contributed by atoms with Crippen LogP contribution in [0.2, 0.25) is 0 Å². The number of nitrogens with zero attached hydrogens (tertiary/aromatic N) is 1. The Hall–Kier alpha value is -1.47. The van der Waals surface area contributed by atoms with Crippen molar-refractivity contribution in [2.75, 3.05) is 26.2 Å². The molecule has 7 heteroatoms. The van der Waals surface area contributed by atoms with Crippen molar-refractivity contribution < 1.29 is 27.5 Å². The van der Waals surface area contributed by atoms with Crippen molar-refractivity contribution in [1.29, 1.82) is 0 Å². The molecule has 1 aromatic carbocycles. The largest absolute Gasteiger partial charge is 0.401 e. The summed E-state index contributed by atoms with van der Waals surface area (Å²) in [5.74, 6) is -1.01. The number of rotatable bonds is 7. The molecule has 1 N–H and O–H groups in total. The van der Waals surface area contributed by atoms with Gasteiger partial charge < -0.3 is 5.11 Å². The highest BCUT2D eigenvalue weighted by molar-refractivity contribution is 5.96. The van der Waals surface area contributed by atoms with E-state index in [0.29, 0.717) is 0 Å². The smallest absolute Gasteiger partial charge is 0.395 e. The number of benzene rings is 1. The van der Waals surface area contributed by atoms with E-state index in [2.05, 4.69) is 0 Å². The Morgan fingerprint density at radius 1 is 1.25 bits per heavy atom. The van der Waals surface area contributed by atoms with Crippen LogP contribution in [0.1, 0.15) is 16.8 Å². The van der Waals surface area contributed by atoms with Gasteiger partial charge in [-0.05, 0) is 12.1 Å². The highest BCUT2D eigenvalue weighted by Crippen LogP contribution is 2.17. The van der Waals surface area contributed by atoms with Gasteiger partial charge in [0, 0.05) is 25.1 Å². The van der Waals surface area contributed by atoms with Crippen LogP contribution in [0.3, 0.4) is 0 Å². The van der Waals surface area contributed by atoms with Crippen molar-refractivity contribution in [3.8, 4) is 0 Å². The van der Waals surface area contributed by atoms with Crippen molar-refractivity contribution in [2.45, 2.75) is 12.6 Å². The Morgan fingerprint density at radius 3 is 2.50 bits per heavy atom. The molecule has 0 saturated carbocycles. The molecule has 0 heterocycles. The van der Waals surface area contributed by atoms with E-state index in [0.717, 1.165) is 11.0 Å². The van der Waals surface area contributed by atoms with Gasteiger partial charge >= 0.3 is 6.18 Å². The Morgan fingerprint density at radius 2 is 1.95 bits per heavy atom. The van der Waals surface area contributed by atoms with Gasteiger partial charge in [-0.3, -0.25) is 9.69 Å². The molecule has 20 heavy (non-hydrogen) atoms. The van der Waals surface area contributed by atoms with Gasteiger partial charge in [-0.15, -0.1) is 0 Å². The number of carbonyl (C=O) groups excluding carboxylic acids is 1. The minimum Gasteiger partial charge on any atom is -0.395 e. The number of halogens is 4. The number of aliphatic hydroxyl groups is 1. The molecule has 0 spiro atoms. The topological polar surface area (TPSA) is 40.5 Å². The summed E-state index contributed by atoms with van der Waals surface area (Å²) in [5.41, 5.74) is 0.126. The first-order valence-corrected chi connectivity index (χ1v) is 6.00. The number of carbonyl (C=O) groups is 1. The predicted molar refractivity (Wildman–Crippen MR) is 64.9 cm³/mol. The molecule has 0 aromatic heterocycles. The Bertz CT molecular complexity index is 448. The molecule has 0 aliphatic rings. The number of Topliss-reactive ketones (excluding diaryl/α,β-unsaturated/α-hetero) is 1. The summed E-state index contributed by atoms with van der Waals surface area (Å²) >= 11 is 0. The van der Waals surface area contributed by atoms with Crippen molar-refractivity contribution in [1.82, 2.24) is 4.90 Å². The third-order valence-electron chi connectivity index (χ3n) is 2.62. The number of hydrogen-bond donors (Lipinski definition) is 1. The summed E-state index contributed by atoms with van der Waals surface area (Å²) in [5, 5.41) is 8.71. The van der Waals surface area contributed by atoms with Gasteiger partial charge in [0.1, 0.15) is 5.82 Å². The van der Waals surface area contributed by atoms with Crippen molar-refractivity contribution >= 4 is 5.78 Å². The Kier molecular flexibility index (Phi) is 6.09. The molecule has 1 rings (SSSR count). The Balaban J connectivity index is 2.56. The second kappa shape index (κ2) is 7.35. The van der Waals surface area contributed by atoms with Crippen molar-refractivity contribution in [2.24, 2.45) is 0 Å². The van der Waals surface area contributed by atoms with E-state index in [9.17, 15) is 22.4 Å². The lowest BCUT2D eigenvalue weighted by Crippen LogP contribution is -2.37. The van der Waals surface area contributed by atoms with Crippen LogP contribution in [0.25, 0.3) is 0 Å². The molecule has 112 valence electrons. The SMILES string of the molecule is O=C(CCN(CCO)CC(F)(F)F)c1cccc(F)c1. The molecular formula is C13H15F4NO2. The number of hydrogen-bond acceptors (Lipinski definition) is 3. The second-order valence-corrected chi connectivity index (χ2v) is 4.30. The molecule has 0 radical (unpaired) electrons. The molecule has 0 aliphatic heterocycles. The van der Waals surface area contributed by atoms with Gasteiger partial charge in [0.05, 0.1) is 13.2 Å². The van der Waals surface area contributed by atoms with Crippen LogP contribution < -0.4 is 0 Å². The van der Waals surface area contributed by atoms with Crippen molar-refractivity contribution in [3.05, 3.63) is 35.6 Å². The van der Waals surface area contributed by atoms with E-state index < -0.39 is 30.9 Å². The van der Waals surface area contributed by atoms with E-state index in [4.69, 9.17) is 5.11 Å². The number of alkyl halides is 3. The van der Waals surface area contributed by atoms with E-state index in [-0.39, 0.29) is 25.1 Å². The van der Waals surface area contributed by atoms with Crippen molar-refractivity contribution in [3.63, 3.8) is 0 Å². The van der Waals surface area contributed by atoms with Gasteiger partial charge in [-0.25, -0.2) is 4.39 Å². The van der Waals surface area contributed by atoms with Gasteiger partial charge in [-0.2, -0.15) is 13.2 Å². The van der Waals surface area contributed by atoms with Crippen LogP contribution in [0, 0.1) is 5.82 Å².